The first kappa shape index (κ1) is 23.4. The lowest BCUT2D eigenvalue weighted by Gasteiger charge is -2.27. The van der Waals surface area contributed by atoms with Gasteiger partial charge in [0, 0.05) is 49.2 Å². The summed E-state index contributed by atoms with van der Waals surface area (Å²) in [5.41, 5.74) is 2.63. The van der Waals surface area contributed by atoms with Crippen LogP contribution in [-0.4, -0.2) is 46.5 Å². The number of amides is 1. The number of benzene rings is 2. The van der Waals surface area contributed by atoms with Crippen molar-refractivity contribution in [1.29, 1.82) is 0 Å². The topological polar surface area (TPSA) is 61.4 Å². The zero-order valence-corrected chi connectivity index (χ0v) is 20.0. The summed E-state index contributed by atoms with van der Waals surface area (Å²) >= 11 is 0. The van der Waals surface area contributed by atoms with Gasteiger partial charge in [0.15, 0.2) is 0 Å². The van der Waals surface area contributed by atoms with Crippen molar-refractivity contribution in [2.75, 3.05) is 29.9 Å². The number of rotatable bonds is 5. The van der Waals surface area contributed by atoms with Crippen LogP contribution in [0.25, 0.3) is 10.9 Å². The molecule has 0 radical (unpaired) electrons. The van der Waals surface area contributed by atoms with Gasteiger partial charge in [0.2, 0.25) is 5.91 Å². The minimum atomic E-state index is -2.88. The van der Waals surface area contributed by atoms with Crippen molar-refractivity contribution >= 4 is 28.3 Å². The monoisotopic (exact) mass is 483 g/mol. The highest BCUT2D eigenvalue weighted by Gasteiger charge is 2.33. The number of nitrogens with zero attached hydrogens (tertiary/aromatic N) is 4. The molecule has 3 heterocycles. The Kier molecular flexibility index (Phi) is 6.02. The first-order valence-electron chi connectivity index (χ1n) is 11.9. The number of likely N-dealkylation sites (tertiary alicyclic amines) is 1. The molecule has 0 bridgehead atoms. The summed E-state index contributed by atoms with van der Waals surface area (Å²) < 4.78 is 41.2. The van der Waals surface area contributed by atoms with Crippen molar-refractivity contribution in [3.05, 3.63) is 58.7 Å². The Bertz CT molecular complexity index is 1300. The summed E-state index contributed by atoms with van der Waals surface area (Å²) in [5.74, 6) is 0.295. The minimum Gasteiger partial charge on any atom is -0.366 e. The molecule has 0 aliphatic carbocycles. The second kappa shape index (κ2) is 9.02. The molecule has 2 aliphatic heterocycles. The maximum absolute atomic E-state index is 14.8. The number of aromatic nitrogens is 2. The zero-order chi connectivity index (χ0) is 24.9. The molecular formula is C26H28F3N5O. The molecule has 5 rings (SSSR count). The predicted octanol–water partition coefficient (Wildman–Crippen LogP) is 5.17. The van der Waals surface area contributed by atoms with E-state index in [-0.39, 0.29) is 17.5 Å². The molecule has 3 aromatic rings. The van der Waals surface area contributed by atoms with E-state index in [0.29, 0.717) is 18.2 Å². The molecule has 1 aromatic heterocycles. The number of alkyl halides is 2. The lowest BCUT2D eigenvalue weighted by molar-refractivity contribution is -0.127. The number of hydrogen-bond donors (Lipinski definition) is 1. The van der Waals surface area contributed by atoms with Gasteiger partial charge in [0.1, 0.15) is 17.5 Å². The quantitative estimate of drug-likeness (QED) is 0.543. The number of hydrogen-bond acceptors (Lipinski definition) is 5. The smallest absolute Gasteiger partial charge is 0.266 e. The summed E-state index contributed by atoms with van der Waals surface area (Å²) in [7, 11) is 0. The fourth-order valence-corrected chi connectivity index (χ4v) is 5.28. The second-order valence-corrected chi connectivity index (χ2v) is 9.39. The molecule has 9 heteroatoms. The van der Waals surface area contributed by atoms with Crippen molar-refractivity contribution in [3.63, 3.8) is 0 Å². The Balaban J connectivity index is 1.49. The van der Waals surface area contributed by atoms with Gasteiger partial charge in [-0.1, -0.05) is 18.2 Å². The minimum absolute atomic E-state index is 0.0953. The molecular weight excluding hydrogens is 455 g/mol. The highest BCUT2D eigenvalue weighted by molar-refractivity contribution is 5.93. The van der Waals surface area contributed by atoms with Crippen molar-refractivity contribution in [2.45, 2.75) is 52.1 Å². The molecule has 35 heavy (non-hydrogen) atoms. The van der Waals surface area contributed by atoms with Crippen LogP contribution in [0.1, 0.15) is 55.3 Å². The van der Waals surface area contributed by atoms with Crippen LogP contribution in [0.4, 0.5) is 24.7 Å². The SMILES string of the molecule is CC(=O)N1CCC(N2CCc3cc4nc(C)nc(N[C@H](C)c5cccc(C(F)F)c5F)c4cc32)C1. The highest BCUT2D eigenvalue weighted by Crippen LogP contribution is 2.38. The fourth-order valence-electron chi connectivity index (χ4n) is 5.28. The van der Waals surface area contributed by atoms with Crippen LogP contribution in [0.3, 0.4) is 0 Å². The summed E-state index contributed by atoms with van der Waals surface area (Å²) in [6.07, 6.45) is -1.06. The van der Waals surface area contributed by atoms with E-state index in [9.17, 15) is 18.0 Å². The van der Waals surface area contributed by atoms with Crippen LogP contribution in [0, 0.1) is 12.7 Å². The van der Waals surface area contributed by atoms with Crippen molar-refractivity contribution in [2.24, 2.45) is 0 Å². The Hall–Kier alpha value is -3.36. The zero-order valence-electron chi connectivity index (χ0n) is 20.0. The van der Waals surface area contributed by atoms with Gasteiger partial charge in [-0.3, -0.25) is 4.79 Å². The van der Waals surface area contributed by atoms with Gasteiger partial charge in [-0.15, -0.1) is 0 Å². The van der Waals surface area contributed by atoms with Crippen LogP contribution in [-0.2, 0) is 11.2 Å². The molecule has 184 valence electrons. The molecule has 1 unspecified atom stereocenters. The Morgan fingerprint density at radius 2 is 1.94 bits per heavy atom. The Morgan fingerprint density at radius 3 is 2.66 bits per heavy atom. The van der Waals surface area contributed by atoms with Crippen LogP contribution >= 0.6 is 0 Å². The third kappa shape index (κ3) is 4.28. The number of anilines is 2. The molecule has 2 atom stereocenters. The van der Waals surface area contributed by atoms with Crippen molar-refractivity contribution < 1.29 is 18.0 Å². The largest absolute Gasteiger partial charge is 0.366 e. The van der Waals surface area contributed by atoms with Crippen LogP contribution in [0.5, 0.6) is 0 Å². The average Bonchev–Trinajstić information content (AvgIpc) is 3.44. The van der Waals surface area contributed by atoms with E-state index in [0.717, 1.165) is 48.6 Å². The maximum Gasteiger partial charge on any atom is 0.266 e. The molecule has 0 spiro atoms. The third-order valence-corrected chi connectivity index (χ3v) is 7.10. The van der Waals surface area contributed by atoms with Crippen LogP contribution in [0.2, 0.25) is 0 Å². The number of carbonyl (C=O) groups is 1. The molecule has 1 fully saturated rings. The van der Waals surface area contributed by atoms with E-state index in [4.69, 9.17) is 0 Å². The lowest BCUT2D eigenvalue weighted by atomic mass is 10.0. The van der Waals surface area contributed by atoms with Gasteiger partial charge >= 0.3 is 0 Å². The molecule has 6 nitrogen and oxygen atoms in total. The molecule has 1 amide bonds. The van der Waals surface area contributed by atoms with Gasteiger partial charge in [0.25, 0.3) is 6.43 Å². The number of fused-ring (bicyclic) bond motifs is 2. The van der Waals surface area contributed by atoms with Crippen molar-refractivity contribution in [3.8, 4) is 0 Å². The van der Waals surface area contributed by atoms with E-state index < -0.39 is 23.8 Å². The van der Waals surface area contributed by atoms with E-state index >= 15 is 0 Å². The van der Waals surface area contributed by atoms with Crippen molar-refractivity contribution in [1.82, 2.24) is 14.9 Å². The summed E-state index contributed by atoms with van der Waals surface area (Å²) in [6.45, 7) is 7.47. The third-order valence-electron chi connectivity index (χ3n) is 7.10. The standard InChI is InChI=1S/C26H28F3N5O/c1-14(19-5-4-6-20(24(19)27)25(28)29)30-26-21-12-23-17(11-22(21)31-15(2)32-26)7-10-34(23)18-8-9-33(13-18)16(3)35/h4-6,11-12,14,18,25H,7-10,13H2,1-3H3,(H,30,31,32)/t14-,18?/m1/s1. The van der Waals surface area contributed by atoms with Crippen LogP contribution in [0.15, 0.2) is 30.3 Å². The number of aryl methyl sites for hydroxylation is 1. The van der Waals surface area contributed by atoms with Gasteiger partial charge in [0.05, 0.1) is 17.1 Å². The molecule has 1 N–H and O–H groups in total. The van der Waals surface area contributed by atoms with Gasteiger partial charge in [-0.2, -0.15) is 0 Å². The molecule has 2 aromatic carbocycles. The average molecular weight is 484 g/mol. The summed E-state index contributed by atoms with van der Waals surface area (Å²) in [6, 6.07) is 7.86. The summed E-state index contributed by atoms with van der Waals surface area (Å²) in [4.78, 5) is 25.2. The molecule has 0 saturated carbocycles. The van der Waals surface area contributed by atoms with E-state index in [1.54, 1.807) is 20.8 Å². The van der Waals surface area contributed by atoms with Gasteiger partial charge in [-0.05, 0) is 44.4 Å². The number of nitrogens with one attached hydrogen (secondary N) is 1. The lowest BCUT2D eigenvalue weighted by Crippen LogP contribution is -2.37. The number of carbonyl (C=O) groups excluding carboxylic acids is 1. The van der Waals surface area contributed by atoms with E-state index in [1.165, 1.54) is 17.7 Å². The second-order valence-electron chi connectivity index (χ2n) is 9.39. The molecule has 1 saturated heterocycles. The Labute approximate surface area is 202 Å². The van der Waals surface area contributed by atoms with Gasteiger partial charge < -0.3 is 15.1 Å². The number of halogens is 3. The first-order chi connectivity index (χ1) is 16.7. The fraction of sp³-hybridized carbons (Fsp3) is 0.423. The highest BCUT2D eigenvalue weighted by atomic mass is 19.3. The predicted molar refractivity (Wildman–Crippen MR) is 129 cm³/mol. The maximum atomic E-state index is 14.8. The van der Waals surface area contributed by atoms with E-state index in [2.05, 4.69) is 32.3 Å². The van der Waals surface area contributed by atoms with Gasteiger partial charge in [-0.25, -0.2) is 23.1 Å². The Morgan fingerprint density at radius 1 is 1.17 bits per heavy atom. The first-order valence-corrected chi connectivity index (χ1v) is 11.9. The van der Waals surface area contributed by atoms with Crippen LogP contribution < -0.4 is 10.2 Å². The normalized spacial score (nSPS) is 18.4. The molecule has 2 aliphatic rings. The summed E-state index contributed by atoms with van der Waals surface area (Å²) in [5, 5.41) is 4.03. The van der Waals surface area contributed by atoms with E-state index in [1.807, 2.05) is 4.90 Å².